The van der Waals surface area contributed by atoms with Crippen molar-refractivity contribution in [3.8, 4) is 11.4 Å². The Balaban J connectivity index is 1.58. The molecule has 1 heterocycles. The van der Waals surface area contributed by atoms with Crippen LogP contribution in [0.15, 0.2) is 87.8 Å². The lowest BCUT2D eigenvalue weighted by molar-refractivity contribution is -0.118. The lowest BCUT2D eigenvalue weighted by atomic mass is 10.1. The van der Waals surface area contributed by atoms with Crippen LogP contribution in [0.25, 0.3) is 16.6 Å². The number of aromatic nitrogens is 2. The first kappa shape index (κ1) is 23.3. The number of benzene rings is 3. The van der Waals surface area contributed by atoms with E-state index in [2.05, 4.69) is 15.5 Å². The molecule has 0 unspecified atom stereocenters. The largest absolute Gasteiger partial charge is 0.508 e. The smallest absolute Gasteiger partial charge is 0.266 e. The van der Waals surface area contributed by atoms with Crippen molar-refractivity contribution in [1.29, 1.82) is 0 Å². The number of nitrogens with one attached hydrogen (secondary N) is 1. The lowest BCUT2D eigenvalue weighted by Gasteiger charge is -2.13. The Bertz CT molecular complexity index is 1410. The van der Waals surface area contributed by atoms with Crippen LogP contribution in [0.2, 0.25) is 0 Å². The molecule has 3 aromatic carbocycles. The summed E-state index contributed by atoms with van der Waals surface area (Å²) in [5.41, 5.74) is 6.26. The molecule has 1 amide bonds. The Morgan fingerprint density at radius 2 is 1.76 bits per heavy atom. The molecule has 4 rings (SSSR count). The van der Waals surface area contributed by atoms with Crippen molar-refractivity contribution in [2.75, 3.05) is 5.75 Å². The molecule has 0 bridgehead atoms. The summed E-state index contributed by atoms with van der Waals surface area (Å²) < 4.78 is 1.54. The molecule has 34 heavy (non-hydrogen) atoms. The highest BCUT2D eigenvalue weighted by atomic mass is 32.2. The minimum Gasteiger partial charge on any atom is -0.508 e. The lowest BCUT2D eigenvalue weighted by Crippen LogP contribution is -2.24. The zero-order chi connectivity index (χ0) is 24.1. The van der Waals surface area contributed by atoms with Gasteiger partial charge in [-0.2, -0.15) is 5.10 Å². The fourth-order valence-electron chi connectivity index (χ4n) is 3.42. The molecule has 8 heteroatoms. The third kappa shape index (κ3) is 5.18. The van der Waals surface area contributed by atoms with Gasteiger partial charge in [0.2, 0.25) is 0 Å². The standard InChI is InChI=1S/C26H24N4O3S/c1-3-22(18-10-14-20(31)15-11-18)28-29-24(32)16-34-26-27-23-7-5-4-6-21(23)25(33)30(26)19-12-8-17(2)9-13-19/h4-15,31H,3,16H2,1-2H3,(H,29,32)/b28-22+. The van der Waals surface area contributed by atoms with Crippen molar-refractivity contribution in [2.45, 2.75) is 25.4 Å². The summed E-state index contributed by atoms with van der Waals surface area (Å²) in [5.74, 6) is -0.109. The Morgan fingerprint density at radius 1 is 1.06 bits per heavy atom. The Labute approximate surface area is 201 Å². The molecule has 4 aromatic rings. The van der Waals surface area contributed by atoms with E-state index in [9.17, 15) is 14.7 Å². The number of hydrogen-bond donors (Lipinski definition) is 2. The number of phenolic OH excluding ortho intramolecular Hbond substituents is 1. The maximum absolute atomic E-state index is 13.3. The zero-order valence-corrected chi connectivity index (χ0v) is 19.7. The first-order valence-electron chi connectivity index (χ1n) is 10.8. The van der Waals surface area contributed by atoms with Gasteiger partial charge in [0.1, 0.15) is 5.75 Å². The summed E-state index contributed by atoms with van der Waals surface area (Å²) in [4.78, 5) is 30.5. The number of carbonyl (C=O) groups excluding carboxylic acids is 1. The molecule has 1 aromatic heterocycles. The third-order valence-corrected chi connectivity index (χ3v) is 6.16. The van der Waals surface area contributed by atoms with Crippen LogP contribution in [0.1, 0.15) is 24.5 Å². The van der Waals surface area contributed by atoms with Crippen LogP contribution in [0.5, 0.6) is 5.75 Å². The van der Waals surface area contributed by atoms with Gasteiger partial charge in [0.25, 0.3) is 11.5 Å². The number of carbonyl (C=O) groups is 1. The van der Waals surface area contributed by atoms with Crippen LogP contribution in [0.4, 0.5) is 0 Å². The van der Waals surface area contributed by atoms with Gasteiger partial charge in [0.15, 0.2) is 5.16 Å². The van der Waals surface area contributed by atoms with E-state index in [-0.39, 0.29) is 23.0 Å². The molecule has 0 aliphatic heterocycles. The second-order valence-corrected chi connectivity index (χ2v) is 8.61. The predicted molar refractivity (Wildman–Crippen MR) is 136 cm³/mol. The van der Waals surface area contributed by atoms with E-state index >= 15 is 0 Å². The van der Waals surface area contributed by atoms with Crippen molar-refractivity contribution < 1.29 is 9.90 Å². The van der Waals surface area contributed by atoms with Crippen molar-refractivity contribution in [3.05, 3.63) is 94.3 Å². The summed E-state index contributed by atoms with van der Waals surface area (Å²) in [7, 11) is 0. The van der Waals surface area contributed by atoms with E-state index in [4.69, 9.17) is 0 Å². The Hall–Kier alpha value is -3.91. The molecule has 0 aliphatic carbocycles. The minimum absolute atomic E-state index is 0.0344. The molecule has 0 spiro atoms. The molecule has 0 fully saturated rings. The van der Waals surface area contributed by atoms with Crippen LogP contribution in [0, 0.1) is 6.92 Å². The van der Waals surface area contributed by atoms with E-state index < -0.39 is 0 Å². The highest BCUT2D eigenvalue weighted by Crippen LogP contribution is 2.21. The van der Waals surface area contributed by atoms with Gasteiger partial charge in [0.05, 0.1) is 28.1 Å². The molecule has 7 nitrogen and oxygen atoms in total. The van der Waals surface area contributed by atoms with Gasteiger partial charge in [-0.3, -0.25) is 14.2 Å². The number of amides is 1. The fraction of sp³-hybridized carbons (Fsp3) is 0.154. The molecular formula is C26H24N4O3S. The topological polar surface area (TPSA) is 96.6 Å². The first-order valence-corrected chi connectivity index (χ1v) is 11.8. The van der Waals surface area contributed by atoms with Crippen molar-refractivity contribution >= 4 is 34.3 Å². The van der Waals surface area contributed by atoms with Gasteiger partial charge in [-0.05, 0) is 67.4 Å². The van der Waals surface area contributed by atoms with Gasteiger partial charge in [0, 0.05) is 0 Å². The summed E-state index contributed by atoms with van der Waals surface area (Å²) in [6.07, 6.45) is 0.609. The maximum Gasteiger partial charge on any atom is 0.266 e. The number of thioether (sulfide) groups is 1. The van der Waals surface area contributed by atoms with E-state index in [0.717, 1.165) is 11.1 Å². The van der Waals surface area contributed by atoms with Gasteiger partial charge in [-0.1, -0.05) is 48.5 Å². The number of para-hydroxylation sites is 1. The van der Waals surface area contributed by atoms with E-state index in [1.54, 1.807) is 36.4 Å². The second-order valence-electron chi connectivity index (χ2n) is 7.67. The number of rotatable bonds is 7. The zero-order valence-electron chi connectivity index (χ0n) is 18.9. The molecular weight excluding hydrogens is 448 g/mol. The monoisotopic (exact) mass is 472 g/mol. The Morgan fingerprint density at radius 3 is 2.47 bits per heavy atom. The van der Waals surface area contributed by atoms with Gasteiger partial charge in [-0.15, -0.1) is 0 Å². The van der Waals surface area contributed by atoms with Crippen molar-refractivity contribution in [3.63, 3.8) is 0 Å². The molecule has 0 radical (unpaired) electrons. The van der Waals surface area contributed by atoms with Crippen LogP contribution in [-0.4, -0.2) is 32.0 Å². The van der Waals surface area contributed by atoms with Crippen LogP contribution >= 0.6 is 11.8 Å². The molecule has 172 valence electrons. The summed E-state index contributed by atoms with van der Waals surface area (Å²) >= 11 is 1.18. The summed E-state index contributed by atoms with van der Waals surface area (Å²) in [6.45, 7) is 3.92. The first-order chi connectivity index (χ1) is 16.5. The number of fused-ring (bicyclic) bond motifs is 1. The molecule has 0 aliphatic rings. The molecule has 0 saturated heterocycles. The average Bonchev–Trinajstić information content (AvgIpc) is 2.85. The van der Waals surface area contributed by atoms with Crippen LogP contribution in [-0.2, 0) is 4.79 Å². The quantitative estimate of drug-likeness (QED) is 0.180. The normalized spacial score (nSPS) is 11.5. The van der Waals surface area contributed by atoms with E-state index in [1.807, 2.05) is 50.2 Å². The number of hydrazone groups is 1. The number of phenols is 1. The fourth-order valence-corrected chi connectivity index (χ4v) is 4.23. The van der Waals surface area contributed by atoms with Crippen molar-refractivity contribution in [2.24, 2.45) is 5.10 Å². The van der Waals surface area contributed by atoms with Crippen molar-refractivity contribution in [1.82, 2.24) is 15.0 Å². The van der Waals surface area contributed by atoms with Gasteiger partial charge in [-0.25, -0.2) is 10.4 Å². The number of aryl methyl sites for hydroxylation is 1. The Kier molecular flexibility index (Phi) is 7.08. The van der Waals surface area contributed by atoms with Gasteiger partial charge >= 0.3 is 0 Å². The SMILES string of the molecule is CC/C(=N\NC(=O)CSc1nc2ccccc2c(=O)n1-c1ccc(C)cc1)c1ccc(O)cc1. The number of nitrogens with zero attached hydrogens (tertiary/aromatic N) is 3. The third-order valence-electron chi connectivity index (χ3n) is 5.22. The van der Waals surface area contributed by atoms with E-state index in [0.29, 0.717) is 33.9 Å². The predicted octanol–water partition coefficient (Wildman–Crippen LogP) is 4.42. The van der Waals surface area contributed by atoms with Gasteiger partial charge < -0.3 is 5.11 Å². The average molecular weight is 473 g/mol. The summed E-state index contributed by atoms with van der Waals surface area (Å²) in [6, 6.07) is 21.4. The highest BCUT2D eigenvalue weighted by Gasteiger charge is 2.15. The minimum atomic E-state index is -0.312. The summed E-state index contributed by atoms with van der Waals surface area (Å²) in [5, 5.41) is 14.7. The second kappa shape index (κ2) is 10.4. The van der Waals surface area contributed by atoms with Crippen LogP contribution < -0.4 is 11.0 Å². The maximum atomic E-state index is 13.3. The van der Waals surface area contributed by atoms with E-state index in [1.165, 1.54) is 16.3 Å². The molecule has 0 atom stereocenters. The highest BCUT2D eigenvalue weighted by molar-refractivity contribution is 7.99. The number of hydrogen-bond acceptors (Lipinski definition) is 6. The molecule has 0 saturated carbocycles. The van der Waals surface area contributed by atoms with Crippen LogP contribution in [0.3, 0.4) is 0 Å². The number of aromatic hydroxyl groups is 1. The molecule has 2 N–H and O–H groups in total.